The molecule has 4 nitrogen and oxygen atoms in total. The van der Waals surface area contributed by atoms with Gasteiger partial charge in [0, 0.05) is 24.7 Å². The van der Waals surface area contributed by atoms with E-state index in [4.69, 9.17) is 0 Å². The fourth-order valence-electron chi connectivity index (χ4n) is 2.81. The Bertz CT molecular complexity index is 883. The summed E-state index contributed by atoms with van der Waals surface area (Å²) >= 11 is 0. The maximum Gasteiger partial charge on any atom is 0.260 e. The van der Waals surface area contributed by atoms with Crippen LogP contribution in [0, 0.1) is 11.6 Å². The molecule has 0 N–H and O–H groups in total. The molecule has 3 aromatic rings. The van der Waals surface area contributed by atoms with Crippen LogP contribution in [-0.2, 0) is 6.54 Å². The Morgan fingerprint density at radius 2 is 1.77 bits per heavy atom. The van der Waals surface area contributed by atoms with Gasteiger partial charge in [-0.3, -0.25) is 9.69 Å². The minimum atomic E-state index is -0.768. The molecule has 6 heteroatoms. The Kier molecular flexibility index (Phi) is 2.72. The monoisotopic (exact) mass is 299 g/mol. The van der Waals surface area contributed by atoms with Crippen molar-refractivity contribution in [3.05, 3.63) is 59.7 Å². The average molecular weight is 299 g/mol. The summed E-state index contributed by atoms with van der Waals surface area (Å²) in [7, 11) is 0. The van der Waals surface area contributed by atoms with Crippen molar-refractivity contribution in [1.82, 2.24) is 9.55 Å². The molecular weight excluding hydrogens is 288 g/mol. The van der Waals surface area contributed by atoms with E-state index in [1.54, 1.807) is 0 Å². The lowest BCUT2D eigenvalue weighted by molar-refractivity contribution is 0.0988. The van der Waals surface area contributed by atoms with Crippen molar-refractivity contribution < 1.29 is 13.6 Å². The third kappa shape index (κ3) is 1.88. The molecule has 0 bridgehead atoms. The molecule has 0 aliphatic carbocycles. The van der Waals surface area contributed by atoms with E-state index in [9.17, 15) is 13.6 Å². The first-order valence-corrected chi connectivity index (χ1v) is 6.87. The van der Waals surface area contributed by atoms with Crippen molar-refractivity contribution >= 4 is 22.9 Å². The van der Waals surface area contributed by atoms with Crippen molar-refractivity contribution in [2.75, 3.05) is 11.4 Å². The second kappa shape index (κ2) is 4.62. The van der Waals surface area contributed by atoms with Crippen LogP contribution in [0.25, 0.3) is 11.0 Å². The SMILES string of the molecule is O=C(c1cc(F)cc(F)c1)N1CCn2c1nc1ccccc12. The van der Waals surface area contributed by atoms with Gasteiger partial charge in [-0.05, 0) is 24.3 Å². The van der Waals surface area contributed by atoms with E-state index in [-0.39, 0.29) is 5.56 Å². The third-order valence-electron chi connectivity index (χ3n) is 3.78. The van der Waals surface area contributed by atoms with Gasteiger partial charge in [0.2, 0.25) is 5.95 Å². The molecular formula is C16H11F2N3O. The summed E-state index contributed by atoms with van der Waals surface area (Å²) in [5.74, 6) is -1.48. The number of imidazole rings is 1. The van der Waals surface area contributed by atoms with Crippen LogP contribution in [0.3, 0.4) is 0 Å². The van der Waals surface area contributed by atoms with Gasteiger partial charge in [0.05, 0.1) is 11.0 Å². The van der Waals surface area contributed by atoms with Crippen LogP contribution in [0.2, 0.25) is 0 Å². The van der Waals surface area contributed by atoms with Crippen LogP contribution in [0.4, 0.5) is 14.7 Å². The van der Waals surface area contributed by atoms with Crippen molar-refractivity contribution in [2.45, 2.75) is 6.54 Å². The van der Waals surface area contributed by atoms with Crippen LogP contribution >= 0.6 is 0 Å². The lowest BCUT2D eigenvalue weighted by atomic mass is 10.2. The number of fused-ring (bicyclic) bond motifs is 3. The maximum atomic E-state index is 13.3. The van der Waals surface area contributed by atoms with E-state index in [0.29, 0.717) is 19.0 Å². The number of carbonyl (C=O) groups excluding carboxylic acids is 1. The van der Waals surface area contributed by atoms with Crippen molar-refractivity contribution in [3.63, 3.8) is 0 Å². The van der Waals surface area contributed by atoms with E-state index in [0.717, 1.165) is 29.2 Å². The van der Waals surface area contributed by atoms with Gasteiger partial charge in [-0.15, -0.1) is 0 Å². The van der Waals surface area contributed by atoms with Gasteiger partial charge < -0.3 is 4.57 Å². The highest BCUT2D eigenvalue weighted by atomic mass is 19.1. The van der Waals surface area contributed by atoms with Crippen LogP contribution < -0.4 is 4.90 Å². The first kappa shape index (κ1) is 12.9. The minimum absolute atomic E-state index is 0.0157. The zero-order chi connectivity index (χ0) is 15.3. The minimum Gasteiger partial charge on any atom is -0.308 e. The van der Waals surface area contributed by atoms with Gasteiger partial charge >= 0.3 is 0 Å². The van der Waals surface area contributed by atoms with Crippen LogP contribution in [0.15, 0.2) is 42.5 Å². The lowest BCUT2D eigenvalue weighted by Crippen LogP contribution is -2.29. The quantitative estimate of drug-likeness (QED) is 0.693. The van der Waals surface area contributed by atoms with Crippen LogP contribution in [0.1, 0.15) is 10.4 Å². The highest BCUT2D eigenvalue weighted by molar-refractivity contribution is 6.06. The molecule has 0 spiro atoms. The molecule has 0 radical (unpaired) electrons. The van der Waals surface area contributed by atoms with Crippen LogP contribution in [-0.4, -0.2) is 22.0 Å². The molecule has 0 saturated carbocycles. The summed E-state index contributed by atoms with van der Waals surface area (Å²) in [5, 5.41) is 0. The molecule has 4 rings (SSSR count). The number of hydrogen-bond donors (Lipinski definition) is 0. The average Bonchev–Trinajstić information content (AvgIpc) is 3.04. The Labute approximate surface area is 124 Å². The molecule has 0 atom stereocenters. The van der Waals surface area contributed by atoms with Gasteiger partial charge in [-0.2, -0.15) is 0 Å². The summed E-state index contributed by atoms with van der Waals surface area (Å²) < 4.78 is 28.5. The van der Waals surface area contributed by atoms with Gasteiger partial charge in [0.1, 0.15) is 11.6 Å². The number of para-hydroxylation sites is 2. The fourth-order valence-corrected chi connectivity index (χ4v) is 2.81. The van der Waals surface area contributed by atoms with Gasteiger partial charge in [0.25, 0.3) is 5.91 Å². The van der Waals surface area contributed by atoms with E-state index >= 15 is 0 Å². The number of aromatic nitrogens is 2. The number of rotatable bonds is 1. The van der Waals surface area contributed by atoms with E-state index in [1.807, 2.05) is 28.8 Å². The number of halogens is 2. The van der Waals surface area contributed by atoms with Gasteiger partial charge in [-0.1, -0.05) is 12.1 Å². The van der Waals surface area contributed by atoms with Crippen LogP contribution in [0.5, 0.6) is 0 Å². The summed E-state index contributed by atoms with van der Waals surface area (Å²) in [6, 6.07) is 10.4. The van der Waals surface area contributed by atoms with Crippen molar-refractivity contribution in [1.29, 1.82) is 0 Å². The predicted molar refractivity (Wildman–Crippen MR) is 77.8 cm³/mol. The molecule has 1 aromatic heterocycles. The molecule has 0 saturated heterocycles. The molecule has 1 aliphatic heterocycles. The second-order valence-electron chi connectivity index (χ2n) is 5.17. The normalized spacial score (nSPS) is 13.6. The molecule has 22 heavy (non-hydrogen) atoms. The summed E-state index contributed by atoms with van der Waals surface area (Å²) in [4.78, 5) is 18.4. The summed E-state index contributed by atoms with van der Waals surface area (Å²) in [6.45, 7) is 1.05. The molecule has 0 fully saturated rings. The number of amides is 1. The molecule has 0 unspecified atom stereocenters. The van der Waals surface area contributed by atoms with Crippen molar-refractivity contribution in [2.24, 2.45) is 0 Å². The van der Waals surface area contributed by atoms with Gasteiger partial charge in [-0.25, -0.2) is 13.8 Å². The number of carbonyl (C=O) groups is 1. The predicted octanol–water partition coefficient (Wildman–Crippen LogP) is 2.97. The highest BCUT2D eigenvalue weighted by Gasteiger charge is 2.29. The highest BCUT2D eigenvalue weighted by Crippen LogP contribution is 2.28. The summed E-state index contributed by atoms with van der Waals surface area (Å²) in [5.41, 5.74) is 1.72. The maximum absolute atomic E-state index is 13.3. The Hall–Kier alpha value is -2.76. The number of hydrogen-bond acceptors (Lipinski definition) is 2. The fraction of sp³-hybridized carbons (Fsp3) is 0.125. The Morgan fingerprint density at radius 3 is 2.55 bits per heavy atom. The Balaban J connectivity index is 1.78. The molecule has 1 amide bonds. The molecule has 1 aliphatic rings. The topological polar surface area (TPSA) is 38.1 Å². The first-order chi connectivity index (χ1) is 10.6. The number of anilines is 1. The third-order valence-corrected chi connectivity index (χ3v) is 3.78. The second-order valence-corrected chi connectivity index (χ2v) is 5.17. The number of nitrogens with zero attached hydrogens (tertiary/aromatic N) is 3. The number of benzene rings is 2. The Morgan fingerprint density at radius 1 is 1.05 bits per heavy atom. The lowest BCUT2D eigenvalue weighted by Gasteiger charge is -2.14. The van der Waals surface area contributed by atoms with Crippen molar-refractivity contribution in [3.8, 4) is 0 Å². The molecule has 2 heterocycles. The zero-order valence-electron chi connectivity index (χ0n) is 11.5. The van der Waals surface area contributed by atoms with E-state index < -0.39 is 17.5 Å². The largest absolute Gasteiger partial charge is 0.308 e. The summed E-state index contributed by atoms with van der Waals surface area (Å²) in [6.07, 6.45) is 0. The smallest absolute Gasteiger partial charge is 0.260 e. The van der Waals surface area contributed by atoms with E-state index in [2.05, 4.69) is 4.98 Å². The first-order valence-electron chi connectivity index (χ1n) is 6.87. The standard InChI is InChI=1S/C16H11F2N3O/c17-11-7-10(8-12(18)9-11)15(22)21-6-5-20-14-4-2-1-3-13(14)19-16(20)21/h1-4,7-9H,5-6H2. The zero-order valence-corrected chi connectivity index (χ0v) is 11.5. The molecule has 2 aromatic carbocycles. The molecule has 110 valence electrons. The van der Waals surface area contributed by atoms with Gasteiger partial charge in [0.15, 0.2) is 0 Å². The van der Waals surface area contributed by atoms with E-state index in [1.165, 1.54) is 4.90 Å².